The summed E-state index contributed by atoms with van der Waals surface area (Å²) in [6.45, 7) is 3.92. The van der Waals surface area contributed by atoms with E-state index in [4.69, 9.17) is 0 Å². The molecule has 0 amide bonds. The van der Waals surface area contributed by atoms with E-state index in [1.165, 1.54) is 0 Å². The van der Waals surface area contributed by atoms with Crippen molar-refractivity contribution in [1.82, 2.24) is 9.55 Å². The Morgan fingerprint density at radius 2 is 1.88 bits per heavy atom. The van der Waals surface area contributed by atoms with E-state index in [1.54, 1.807) is 18.5 Å². The van der Waals surface area contributed by atoms with Crippen LogP contribution in [0, 0.1) is 17.4 Å². The molecule has 0 aliphatic carbocycles. The van der Waals surface area contributed by atoms with E-state index in [0.29, 0.717) is 4.90 Å². The first kappa shape index (κ1) is 17.2. The molecule has 0 N–H and O–H groups in total. The van der Waals surface area contributed by atoms with Crippen LogP contribution in [-0.4, -0.2) is 18.0 Å². The zero-order valence-corrected chi connectivity index (χ0v) is 16.4. The fourth-order valence-corrected chi connectivity index (χ4v) is 5.46. The summed E-state index contributed by atoms with van der Waals surface area (Å²) in [4.78, 5) is 4.62. The van der Waals surface area contributed by atoms with Crippen LogP contribution in [0.1, 0.15) is 16.8 Å². The van der Waals surface area contributed by atoms with Crippen molar-refractivity contribution in [3.8, 4) is 5.69 Å². The Balaban J connectivity index is 1.91. The lowest BCUT2D eigenvalue weighted by Crippen LogP contribution is -2.07. The van der Waals surface area contributed by atoms with Gasteiger partial charge in [0.25, 0.3) is 0 Å². The molecule has 0 radical (unpaired) electrons. The third kappa shape index (κ3) is 3.54. The number of aryl methyl sites for hydroxylation is 2. The number of imidazole rings is 1. The minimum atomic E-state index is -3.36. The molecule has 0 aliphatic heterocycles. The second-order valence-electron chi connectivity index (χ2n) is 5.73. The molecule has 0 saturated heterocycles. The van der Waals surface area contributed by atoms with E-state index in [0.717, 1.165) is 26.1 Å². The second kappa shape index (κ2) is 6.68. The predicted molar refractivity (Wildman–Crippen MR) is 103 cm³/mol. The highest BCUT2D eigenvalue weighted by Crippen LogP contribution is 2.24. The SMILES string of the molecule is Cc1cn(-c2ccc(CS(=O)(=O)c3ccccc3I)cc2C)cn1. The van der Waals surface area contributed by atoms with E-state index in [-0.39, 0.29) is 5.75 Å². The molecule has 3 rings (SSSR count). The van der Waals surface area contributed by atoms with Crippen LogP contribution in [0.5, 0.6) is 0 Å². The van der Waals surface area contributed by atoms with Crippen molar-refractivity contribution >= 4 is 32.4 Å². The standard InChI is InChI=1S/C18H17IN2O2S/c1-13-9-15(7-8-17(13)21-10-14(2)20-12-21)11-24(22,23)18-6-4-3-5-16(18)19/h3-10,12H,11H2,1-2H3. The van der Waals surface area contributed by atoms with Crippen LogP contribution in [0.4, 0.5) is 0 Å². The molecular formula is C18H17IN2O2S. The molecule has 0 bridgehead atoms. The van der Waals surface area contributed by atoms with Gasteiger partial charge in [0.05, 0.1) is 22.7 Å². The van der Waals surface area contributed by atoms with Crippen LogP contribution < -0.4 is 0 Å². The van der Waals surface area contributed by atoms with Crippen molar-refractivity contribution in [2.75, 3.05) is 0 Å². The van der Waals surface area contributed by atoms with Gasteiger partial charge in [0.2, 0.25) is 0 Å². The summed E-state index contributed by atoms with van der Waals surface area (Å²) in [6.07, 6.45) is 3.71. The fraction of sp³-hybridized carbons (Fsp3) is 0.167. The minimum Gasteiger partial charge on any atom is -0.306 e. The van der Waals surface area contributed by atoms with E-state index < -0.39 is 9.84 Å². The first-order chi connectivity index (χ1) is 11.4. The molecule has 24 heavy (non-hydrogen) atoms. The molecule has 4 nitrogen and oxygen atoms in total. The predicted octanol–water partition coefficient (Wildman–Crippen LogP) is 4.07. The maximum absolute atomic E-state index is 12.7. The fourth-order valence-electron chi connectivity index (χ4n) is 2.64. The van der Waals surface area contributed by atoms with Crippen molar-refractivity contribution in [2.24, 2.45) is 0 Å². The number of halogens is 1. The van der Waals surface area contributed by atoms with Gasteiger partial charge in [-0.25, -0.2) is 13.4 Å². The maximum Gasteiger partial charge on any atom is 0.183 e. The van der Waals surface area contributed by atoms with Gasteiger partial charge in [-0.3, -0.25) is 0 Å². The van der Waals surface area contributed by atoms with E-state index in [2.05, 4.69) is 27.6 Å². The molecule has 0 atom stereocenters. The molecule has 2 aromatic carbocycles. The second-order valence-corrected chi connectivity index (χ2v) is 8.85. The molecule has 1 heterocycles. The highest BCUT2D eigenvalue weighted by atomic mass is 127. The summed E-state index contributed by atoms with van der Waals surface area (Å²) >= 11 is 2.06. The Morgan fingerprint density at radius 3 is 2.50 bits per heavy atom. The van der Waals surface area contributed by atoms with Crippen LogP contribution >= 0.6 is 22.6 Å². The summed E-state index contributed by atoms with van der Waals surface area (Å²) < 4.78 is 28.0. The molecule has 0 fully saturated rings. The van der Waals surface area contributed by atoms with Gasteiger partial charge in [-0.15, -0.1) is 0 Å². The van der Waals surface area contributed by atoms with Crippen LogP contribution in [0.2, 0.25) is 0 Å². The van der Waals surface area contributed by atoms with E-state index >= 15 is 0 Å². The molecule has 124 valence electrons. The number of rotatable bonds is 4. The molecule has 0 aliphatic rings. The average Bonchev–Trinajstić information content (AvgIpc) is 2.93. The monoisotopic (exact) mass is 452 g/mol. The molecule has 0 unspecified atom stereocenters. The van der Waals surface area contributed by atoms with Gasteiger partial charge >= 0.3 is 0 Å². The number of hydrogen-bond acceptors (Lipinski definition) is 3. The Labute approximate surface area is 155 Å². The Hall–Kier alpha value is -1.67. The van der Waals surface area contributed by atoms with Crippen molar-refractivity contribution in [2.45, 2.75) is 24.5 Å². The van der Waals surface area contributed by atoms with Crippen LogP contribution in [-0.2, 0) is 15.6 Å². The molecule has 6 heteroatoms. The molecule has 1 aromatic heterocycles. The first-order valence-electron chi connectivity index (χ1n) is 7.44. The third-order valence-electron chi connectivity index (χ3n) is 3.78. The lowest BCUT2D eigenvalue weighted by atomic mass is 10.1. The van der Waals surface area contributed by atoms with Gasteiger partial charge in [0.15, 0.2) is 9.84 Å². The highest BCUT2D eigenvalue weighted by Gasteiger charge is 2.18. The number of nitrogens with zero attached hydrogens (tertiary/aromatic N) is 2. The normalized spacial score (nSPS) is 11.6. The summed E-state index contributed by atoms with van der Waals surface area (Å²) in [7, 11) is -3.36. The van der Waals surface area contributed by atoms with E-state index in [9.17, 15) is 8.42 Å². The van der Waals surface area contributed by atoms with Crippen molar-refractivity contribution < 1.29 is 8.42 Å². The number of sulfone groups is 1. The van der Waals surface area contributed by atoms with Crippen molar-refractivity contribution in [3.63, 3.8) is 0 Å². The van der Waals surface area contributed by atoms with Gasteiger partial charge in [0, 0.05) is 15.5 Å². The Kier molecular flexibility index (Phi) is 4.78. The van der Waals surface area contributed by atoms with Crippen LogP contribution in [0.25, 0.3) is 5.69 Å². The lowest BCUT2D eigenvalue weighted by Gasteiger charge is -2.11. The number of benzene rings is 2. The van der Waals surface area contributed by atoms with Crippen LogP contribution in [0.3, 0.4) is 0 Å². The molecular weight excluding hydrogens is 435 g/mol. The largest absolute Gasteiger partial charge is 0.306 e. The quantitative estimate of drug-likeness (QED) is 0.561. The zero-order valence-electron chi connectivity index (χ0n) is 13.4. The molecule has 0 spiro atoms. The smallest absolute Gasteiger partial charge is 0.183 e. The van der Waals surface area contributed by atoms with Gasteiger partial charge in [-0.05, 0) is 65.8 Å². The lowest BCUT2D eigenvalue weighted by molar-refractivity contribution is 0.594. The van der Waals surface area contributed by atoms with Gasteiger partial charge in [-0.1, -0.05) is 24.3 Å². The minimum absolute atomic E-state index is 0.00289. The summed E-state index contributed by atoms with van der Waals surface area (Å²) in [6, 6.07) is 12.8. The van der Waals surface area contributed by atoms with Crippen LogP contribution in [0.15, 0.2) is 59.9 Å². The van der Waals surface area contributed by atoms with Gasteiger partial charge in [-0.2, -0.15) is 0 Å². The van der Waals surface area contributed by atoms with Gasteiger partial charge in [0.1, 0.15) is 0 Å². The topological polar surface area (TPSA) is 52.0 Å². The summed E-state index contributed by atoms with van der Waals surface area (Å²) in [5.41, 5.74) is 3.75. The van der Waals surface area contributed by atoms with Crippen molar-refractivity contribution in [1.29, 1.82) is 0 Å². The zero-order chi connectivity index (χ0) is 17.3. The molecule has 0 saturated carbocycles. The average molecular weight is 452 g/mol. The number of hydrogen-bond donors (Lipinski definition) is 0. The molecule has 3 aromatic rings. The van der Waals surface area contributed by atoms with Crippen molar-refractivity contribution in [3.05, 3.63) is 75.4 Å². The van der Waals surface area contributed by atoms with E-state index in [1.807, 2.05) is 54.9 Å². The Morgan fingerprint density at radius 1 is 1.12 bits per heavy atom. The summed E-state index contributed by atoms with van der Waals surface area (Å²) in [5, 5.41) is 0. The van der Waals surface area contributed by atoms with Gasteiger partial charge < -0.3 is 4.57 Å². The number of aromatic nitrogens is 2. The Bertz CT molecular complexity index is 994. The third-order valence-corrected chi connectivity index (χ3v) is 6.83. The summed E-state index contributed by atoms with van der Waals surface area (Å²) in [5.74, 6) is -0.00289. The maximum atomic E-state index is 12.7. The highest BCUT2D eigenvalue weighted by molar-refractivity contribution is 14.1. The first-order valence-corrected chi connectivity index (χ1v) is 10.2.